The Morgan fingerprint density at radius 2 is 1.76 bits per heavy atom. The summed E-state index contributed by atoms with van der Waals surface area (Å²) in [6.45, 7) is 0.653. The smallest absolute Gasteiger partial charge is 0.269 e. The van der Waals surface area contributed by atoms with Crippen LogP contribution >= 0.6 is 0 Å². The zero-order valence-electron chi connectivity index (χ0n) is 11.1. The lowest BCUT2D eigenvalue weighted by Gasteiger charge is -2.06. The first-order chi connectivity index (χ1) is 10.2. The van der Waals surface area contributed by atoms with Gasteiger partial charge in [-0.05, 0) is 17.7 Å². The molecule has 0 atom stereocenters. The van der Waals surface area contributed by atoms with Gasteiger partial charge in [0, 0.05) is 17.7 Å². The molecule has 6 nitrogen and oxygen atoms in total. The average Bonchev–Trinajstić information content (AvgIpc) is 2.96. The maximum Gasteiger partial charge on any atom is 0.269 e. The number of non-ortho nitro benzene ring substituents is 1. The van der Waals surface area contributed by atoms with Crippen LogP contribution in [0, 0.1) is 10.1 Å². The zero-order valence-corrected chi connectivity index (χ0v) is 11.1. The molecule has 0 amide bonds. The highest BCUT2D eigenvalue weighted by Gasteiger charge is 2.10. The Bertz CT molecular complexity index is 751. The molecular weight excluding hydrogens is 268 g/mol. The van der Waals surface area contributed by atoms with Gasteiger partial charge in [0.05, 0.1) is 11.5 Å². The van der Waals surface area contributed by atoms with Crippen molar-refractivity contribution in [3.63, 3.8) is 0 Å². The van der Waals surface area contributed by atoms with Crippen LogP contribution in [0.2, 0.25) is 0 Å². The third-order valence-electron chi connectivity index (χ3n) is 3.15. The van der Waals surface area contributed by atoms with Gasteiger partial charge < -0.3 is 4.57 Å². The molecule has 0 N–H and O–H groups in total. The van der Waals surface area contributed by atoms with Crippen molar-refractivity contribution < 1.29 is 4.92 Å². The van der Waals surface area contributed by atoms with Crippen LogP contribution in [0.1, 0.15) is 5.56 Å². The second kappa shape index (κ2) is 5.54. The molecule has 0 fully saturated rings. The van der Waals surface area contributed by atoms with Crippen molar-refractivity contribution in [2.45, 2.75) is 6.54 Å². The van der Waals surface area contributed by atoms with Gasteiger partial charge in [-0.2, -0.15) is 0 Å². The van der Waals surface area contributed by atoms with Gasteiger partial charge in [0.25, 0.3) is 5.69 Å². The van der Waals surface area contributed by atoms with Crippen LogP contribution in [0.4, 0.5) is 5.69 Å². The Morgan fingerprint density at radius 3 is 2.43 bits per heavy atom. The van der Waals surface area contributed by atoms with Gasteiger partial charge in [0.2, 0.25) is 0 Å². The fraction of sp³-hybridized carbons (Fsp3) is 0.0667. The van der Waals surface area contributed by atoms with Crippen molar-refractivity contribution in [3.8, 4) is 11.4 Å². The molecule has 0 bridgehead atoms. The molecule has 6 heteroatoms. The third-order valence-corrected chi connectivity index (χ3v) is 3.15. The standard InChI is InChI=1S/C15H12N4O2/c20-19(21)14-8-6-13(7-9-14)15-17-16-11-18(15)10-12-4-2-1-3-5-12/h1-9,11H,10H2. The molecule has 0 aliphatic rings. The lowest BCUT2D eigenvalue weighted by molar-refractivity contribution is -0.384. The maximum absolute atomic E-state index is 10.7. The second-order valence-electron chi connectivity index (χ2n) is 4.57. The SMILES string of the molecule is O=[N+]([O-])c1ccc(-c2nncn2Cc2ccccc2)cc1. The number of nitrogens with zero attached hydrogens (tertiary/aromatic N) is 4. The van der Waals surface area contributed by atoms with Crippen molar-refractivity contribution in [2.24, 2.45) is 0 Å². The predicted molar refractivity (Wildman–Crippen MR) is 77.7 cm³/mol. The van der Waals surface area contributed by atoms with Gasteiger partial charge in [0.15, 0.2) is 5.82 Å². The molecule has 0 aliphatic heterocycles. The third kappa shape index (κ3) is 2.79. The van der Waals surface area contributed by atoms with Crippen molar-refractivity contribution in [2.75, 3.05) is 0 Å². The second-order valence-corrected chi connectivity index (χ2v) is 4.57. The number of hydrogen-bond acceptors (Lipinski definition) is 4. The van der Waals surface area contributed by atoms with Gasteiger partial charge in [-0.15, -0.1) is 10.2 Å². The Kier molecular flexibility index (Phi) is 3.42. The number of benzene rings is 2. The van der Waals surface area contributed by atoms with Gasteiger partial charge in [-0.25, -0.2) is 0 Å². The molecule has 0 radical (unpaired) electrons. The summed E-state index contributed by atoms with van der Waals surface area (Å²) >= 11 is 0. The van der Waals surface area contributed by atoms with E-state index in [1.165, 1.54) is 12.1 Å². The van der Waals surface area contributed by atoms with Crippen molar-refractivity contribution in [1.29, 1.82) is 0 Å². The molecule has 0 aliphatic carbocycles. The minimum atomic E-state index is -0.418. The Balaban J connectivity index is 1.90. The molecule has 1 heterocycles. The average molecular weight is 280 g/mol. The Morgan fingerprint density at radius 1 is 1.05 bits per heavy atom. The summed E-state index contributed by atoms with van der Waals surface area (Å²) in [6, 6.07) is 16.3. The van der Waals surface area contributed by atoms with E-state index in [1.807, 2.05) is 34.9 Å². The van der Waals surface area contributed by atoms with E-state index in [4.69, 9.17) is 0 Å². The van der Waals surface area contributed by atoms with Crippen LogP contribution in [-0.4, -0.2) is 19.7 Å². The number of nitro benzene ring substituents is 1. The number of hydrogen-bond donors (Lipinski definition) is 0. The Hall–Kier alpha value is -3.02. The minimum absolute atomic E-state index is 0.0628. The molecule has 21 heavy (non-hydrogen) atoms. The monoisotopic (exact) mass is 280 g/mol. The molecule has 0 spiro atoms. The minimum Gasteiger partial charge on any atom is -0.309 e. The summed E-state index contributed by atoms with van der Waals surface area (Å²) in [4.78, 5) is 10.3. The molecule has 2 aromatic carbocycles. The fourth-order valence-corrected chi connectivity index (χ4v) is 2.11. The topological polar surface area (TPSA) is 73.8 Å². The van der Waals surface area contributed by atoms with Crippen molar-refractivity contribution in [1.82, 2.24) is 14.8 Å². The molecule has 0 unspecified atom stereocenters. The number of nitro groups is 1. The highest BCUT2D eigenvalue weighted by molar-refractivity contribution is 5.57. The van der Waals surface area contributed by atoms with Crippen LogP contribution < -0.4 is 0 Å². The fourth-order valence-electron chi connectivity index (χ4n) is 2.11. The number of rotatable bonds is 4. The molecule has 1 aromatic heterocycles. The van der Waals surface area contributed by atoms with E-state index in [9.17, 15) is 10.1 Å². The first-order valence-corrected chi connectivity index (χ1v) is 6.40. The zero-order chi connectivity index (χ0) is 14.7. The van der Waals surface area contributed by atoms with E-state index >= 15 is 0 Å². The van der Waals surface area contributed by atoms with Crippen LogP contribution in [0.25, 0.3) is 11.4 Å². The molecule has 3 rings (SSSR count). The highest BCUT2D eigenvalue weighted by atomic mass is 16.6. The number of aromatic nitrogens is 3. The van der Waals surface area contributed by atoms with Gasteiger partial charge in [-0.1, -0.05) is 30.3 Å². The normalized spacial score (nSPS) is 10.5. The van der Waals surface area contributed by atoms with E-state index in [0.29, 0.717) is 12.4 Å². The maximum atomic E-state index is 10.7. The lowest BCUT2D eigenvalue weighted by Crippen LogP contribution is -2.01. The van der Waals surface area contributed by atoms with Crippen molar-refractivity contribution >= 4 is 5.69 Å². The summed E-state index contributed by atoms with van der Waals surface area (Å²) < 4.78 is 1.91. The molecule has 0 saturated carbocycles. The molecule has 104 valence electrons. The van der Waals surface area contributed by atoms with Crippen LogP contribution in [0.5, 0.6) is 0 Å². The van der Waals surface area contributed by atoms with Crippen LogP contribution in [-0.2, 0) is 6.54 Å². The lowest BCUT2D eigenvalue weighted by atomic mass is 10.2. The van der Waals surface area contributed by atoms with Crippen LogP contribution in [0.15, 0.2) is 60.9 Å². The van der Waals surface area contributed by atoms with E-state index < -0.39 is 4.92 Å². The summed E-state index contributed by atoms with van der Waals surface area (Å²) in [5.41, 5.74) is 2.00. The van der Waals surface area contributed by atoms with Crippen molar-refractivity contribution in [3.05, 3.63) is 76.6 Å². The predicted octanol–water partition coefficient (Wildman–Crippen LogP) is 2.90. The first kappa shape index (κ1) is 13.0. The molecular formula is C15H12N4O2. The van der Waals surface area contributed by atoms with E-state index in [1.54, 1.807) is 18.5 Å². The molecule has 0 saturated heterocycles. The quantitative estimate of drug-likeness (QED) is 0.544. The van der Waals surface area contributed by atoms with Gasteiger partial charge >= 0.3 is 0 Å². The van der Waals surface area contributed by atoms with E-state index in [-0.39, 0.29) is 5.69 Å². The summed E-state index contributed by atoms with van der Waals surface area (Å²) in [5, 5.41) is 18.7. The van der Waals surface area contributed by atoms with Crippen LogP contribution in [0.3, 0.4) is 0 Å². The summed E-state index contributed by atoms with van der Waals surface area (Å²) in [5.74, 6) is 0.689. The summed E-state index contributed by atoms with van der Waals surface area (Å²) in [7, 11) is 0. The Labute approximate surface area is 120 Å². The van der Waals surface area contributed by atoms with Gasteiger partial charge in [-0.3, -0.25) is 10.1 Å². The van der Waals surface area contributed by atoms with E-state index in [0.717, 1.165) is 11.1 Å². The first-order valence-electron chi connectivity index (χ1n) is 6.40. The largest absolute Gasteiger partial charge is 0.309 e. The molecule has 3 aromatic rings. The highest BCUT2D eigenvalue weighted by Crippen LogP contribution is 2.21. The summed E-state index contributed by atoms with van der Waals surface area (Å²) in [6.07, 6.45) is 1.66. The van der Waals surface area contributed by atoms with E-state index in [2.05, 4.69) is 10.2 Å². The van der Waals surface area contributed by atoms with Gasteiger partial charge in [0.1, 0.15) is 6.33 Å².